The number of hydrogen-bond donors (Lipinski definition) is 1. The van der Waals surface area contributed by atoms with Gasteiger partial charge in [0.15, 0.2) is 0 Å². The Morgan fingerprint density at radius 1 is 1.41 bits per heavy atom. The van der Waals surface area contributed by atoms with E-state index < -0.39 is 36.4 Å². The number of rotatable bonds is 3. The maximum Gasteiger partial charge on any atom is 0.427 e. The maximum absolute atomic E-state index is 13.0. The molecule has 1 N–H and O–H groups in total. The van der Waals surface area contributed by atoms with Gasteiger partial charge < -0.3 is 19.5 Å². The first-order valence-electron chi connectivity index (χ1n) is 8.61. The average molecular weight is 392 g/mol. The van der Waals surface area contributed by atoms with Crippen molar-refractivity contribution in [1.82, 2.24) is 9.88 Å². The van der Waals surface area contributed by atoms with Gasteiger partial charge in [-0.15, -0.1) is 0 Å². The number of hydrogen-bond acceptors (Lipinski definition) is 5. The molecule has 0 aromatic carbocycles. The Balaban J connectivity index is 1.54. The highest BCUT2D eigenvalue weighted by Gasteiger charge is 2.46. The monoisotopic (exact) mass is 392 g/mol. The van der Waals surface area contributed by atoms with Crippen molar-refractivity contribution in [1.29, 1.82) is 0 Å². The van der Waals surface area contributed by atoms with Crippen molar-refractivity contribution >= 4 is 6.09 Å². The van der Waals surface area contributed by atoms with E-state index in [1.54, 1.807) is 6.07 Å². The number of aromatic nitrogens is 1. The summed E-state index contributed by atoms with van der Waals surface area (Å²) in [6.07, 6.45) is -5.74. The van der Waals surface area contributed by atoms with Gasteiger partial charge in [-0.3, -0.25) is 4.98 Å². The Labute approximate surface area is 153 Å². The maximum atomic E-state index is 13.0. The molecule has 1 aromatic heterocycles. The molecule has 10 heteroatoms. The molecule has 2 atom stereocenters. The molecule has 2 saturated heterocycles. The number of aliphatic hydroxyl groups is 1. The van der Waals surface area contributed by atoms with Crippen LogP contribution in [0, 0.1) is 5.82 Å². The van der Waals surface area contributed by atoms with E-state index in [0.29, 0.717) is 25.9 Å². The van der Waals surface area contributed by atoms with Crippen molar-refractivity contribution in [2.45, 2.75) is 43.1 Å². The number of likely N-dealkylation sites (tertiary alicyclic amines) is 1. The summed E-state index contributed by atoms with van der Waals surface area (Å²) in [7, 11) is 0. The van der Waals surface area contributed by atoms with Crippen LogP contribution in [0.25, 0.3) is 0 Å². The Bertz CT molecular complexity index is 660. The Morgan fingerprint density at radius 2 is 2.11 bits per heavy atom. The van der Waals surface area contributed by atoms with Gasteiger partial charge in [-0.25, -0.2) is 9.18 Å². The van der Waals surface area contributed by atoms with Crippen LogP contribution in [-0.2, 0) is 9.47 Å². The fourth-order valence-electron chi connectivity index (χ4n) is 3.51. The van der Waals surface area contributed by atoms with E-state index in [1.807, 2.05) is 0 Å². The number of ether oxygens (including phenoxy) is 2. The molecular weight excluding hydrogens is 372 g/mol. The molecule has 150 valence electrons. The average Bonchev–Trinajstić information content (AvgIpc) is 3.03. The normalized spacial score (nSPS) is 23.4. The molecule has 6 nitrogen and oxygen atoms in total. The molecule has 27 heavy (non-hydrogen) atoms. The van der Waals surface area contributed by atoms with Gasteiger partial charge in [0.1, 0.15) is 5.82 Å². The van der Waals surface area contributed by atoms with E-state index in [0.717, 1.165) is 11.9 Å². The lowest BCUT2D eigenvalue weighted by Gasteiger charge is -2.38. The van der Waals surface area contributed by atoms with E-state index in [-0.39, 0.29) is 19.0 Å². The number of carbonyl (C=O) groups excluding carboxylic acids is 1. The van der Waals surface area contributed by atoms with Gasteiger partial charge in [0, 0.05) is 24.7 Å². The number of pyridine rings is 1. The lowest BCUT2D eigenvalue weighted by molar-refractivity contribution is -0.215. The minimum atomic E-state index is -4.81. The Hall–Kier alpha value is -1.94. The van der Waals surface area contributed by atoms with E-state index in [4.69, 9.17) is 9.84 Å². The van der Waals surface area contributed by atoms with Crippen molar-refractivity contribution in [3.63, 3.8) is 0 Å². The van der Waals surface area contributed by atoms with Gasteiger partial charge in [-0.2, -0.15) is 13.2 Å². The molecule has 2 aliphatic heterocycles. The number of alkyl halides is 3. The zero-order chi connectivity index (χ0) is 19.7. The van der Waals surface area contributed by atoms with Crippen LogP contribution >= 0.6 is 0 Å². The van der Waals surface area contributed by atoms with Crippen LogP contribution in [0.2, 0.25) is 0 Å². The third kappa shape index (κ3) is 4.49. The molecule has 1 amide bonds. The molecule has 1 aromatic rings. The molecule has 0 bridgehead atoms. The fraction of sp³-hybridized carbons (Fsp3) is 0.647. The summed E-state index contributed by atoms with van der Waals surface area (Å²) < 4.78 is 61.2. The van der Waals surface area contributed by atoms with Crippen LogP contribution in [0.5, 0.6) is 0 Å². The van der Waals surface area contributed by atoms with Crippen molar-refractivity contribution in [2.75, 3.05) is 26.3 Å². The second kappa shape index (κ2) is 7.59. The smallest absolute Gasteiger partial charge is 0.427 e. The predicted octanol–water partition coefficient (Wildman–Crippen LogP) is 2.62. The molecule has 0 aliphatic carbocycles. The number of amides is 1. The Kier molecular flexibility index (Phi) is 5.57. The second-order valence-electron chi connectivity index (χ2n) is 6.88. The van der Waals surface area contributed by atoms with E-state index in [1.165, 1.54) is 11.0 Å². The van der Waals surface area contributed by atoms with Gasteiger partial charge >= 0.3 is 12.3 Å². The number of piperidine rings is 1. The van der Waals surface area contributed by atoms with E-state index in [9.17, 15) is 22.4 Å². The molecule has 0 radical (unpaired) electrons. The third-order valence-electron chi connectivity index (χ3n) is 5.08. The fourth-order valence-corrected chi connectivity index (χ4v) is 3.51. The molecule has 1 spiro atoms. The SMILES string of the molecule is O=C(OC(CO)C(F)(F)F)N1CCC2(CC1)CC(c1ccc(F)cn1)CO2. The number of halogens is 4. The van der Waals surface area contributed by atoms with Crippen molar-refractivity contribution in [3.8, 4) is 0 Å². The molecule has 2 aliphatic rings. The third-order valence-corrected chi connectivity index (χ3v) is 5.08. The highest BCUT2D eigenvalue weighted by Crippen LogP contribution is 2.42. The lowest BCUT2D eigenvalue weighted by atomic mass is 9.84. The second-order valence-corrected chi connectivity index (χ2v) is 6.88. The van der Waals surface area contributed by atoms with Crippen LogP contribution in [-0.4, -0.2) is 65.3 Å². The summed E-state index contributed by atoms with van der Waals surface area (Å²) in [5.41, 5.74) is 0.254. The van der Waals surface area contributed by atoms with Gasteiger partial charge in [-0.05, 0) is 31.4 Å². The van der Waals surface area contributed by atoms with Crippen LogP contribution in [0.3, 0.4) is 0 Å². The van der Waals surface area contributed by atoms with Gasteiger partial charge in [0.25, 0.3) is 0 Å². The summed E-state index contributed by atoms with van der Waals surface area (Å²) >= 11 is 0. The van der Waals surface area contributed by atoms with Crippen molar-refractivity contribution in [3.05, 3.63) is 29.8 Å². The molecule has 3 rings (SSSR count). The first kappa shape index (κ1) is 19.8. The molecular formula is C17H20F4N2O4. The first-order valence-corrected chi connectivity index (χ1v) is 8.61. The van der Waals surface area contributed by atoms with Crippen LogP contribution in [0.1, 0.15) is 30.9 Å². The van der Waals surface area contributed by atoms with Crippen molar-refractivity contribution < 1.29 is 36.9 Å². The van der Waals surface area contributed by atoms with Crippen molar-refractivity contribution in [2.24, 2.45) is 0 Å². The molecule has 0 saturated carbocycles. The number of aliphatic hydroxyl groups excluding tert-OH is 1. The number of nitrogens with zero attached hydrogens (tertiary/aromatic N) is 2. The van der Waals surface area contributed by atoms with Gasteiger partial charge in [0.05, 0.1) is 25.0 Å². The highest BCUT2D eigenvalue weighted by atomic mass is 19.4. The van der Waals surface area contributed by atoms with Crippen LogP contribution in [0.4, 0.5) is 22.4 Å². The summed E-state index contributed by atoms with van der Waals surface area (Å²) in [6, 6.07) is 2.95. The minimum Gasteiger partial charge on any atom is -0.434 e. The Morgan fingerprint density at radius 3 is 2.67 bits per heavy atom. The van der Waals surface area contributed by atoms with E-state index >= 15 is 0 Å². The number of carbonyl (C=O) groups is 1. The van der Waals surface area contributed by atoms with Crippen LogP contribution < -0.4 is 0 Å². The zero-order valence-electron chi connectivity index (χ0n) is 14.4. The van der Waals surface area contributed by atoms with E-state index in [2.05, 4.69) is 9.72 Å². The quantitative estimate of drug-likeness (QED) is 0.801. The van der Waals surface area contributed by atoms with Gasteiger partial charge in [0.2, 0.25) is 6.10 Å². The first-order chi connectivity index (χ1) is 12.7. The largest absolute Gasteiger partial charge is 0.434 e. The summed E-state index contributed by atoms with van der Waals surface area (Å²) in [5.74, 6) is -0.410. The summed E-state index contributed by atoms with van der Waals surface area (Å²) in [6.45, 7) is -0.511. The minimum absolute atomic E-state index is 0.00750. The molecule has 2 unspecified atom stereocenters. The lowest BCUT2D eigenvalue weighted by Crippen LogP contribution is -2.48. The summed E-state index contributed by atoms with van der Waals surface area (Å²) in [5, 5.41) is 8.77. The van der Waals surface area contributed by atoms with Gasteiger partial charge in [-0.1, -0.05) is 0 Å². The highest BCUT2D eigenvalue weighted by molar-refractivity contribution is 5.68. The van der Waals surface area contributed by atoms with Crippen LogP contribution in [0.15, 0.2) is 18.3 Å². The topological polar surface area (TPSA) is 71.9 Å². The summed E-state index contributed by atoms with van der Waals surface area (Å²) in [4.78, 5) is 17.2. The molecule has 2 fully saturated rings. The standard InChI is InChI=1S/C17H20F4N2O4/c18-12-1-2-13(22-8-12)11-7-16(26-10-11)3-5-23(6-4-16)15(25)27-14(9-24)17(19,20)21/h1-2,8,11,14,24H,3-7,9-10H2. The molecule has 3 heterocycles. The predicted molar refractivity (Wildman–Crippen MR) is 84.5 cm³/mol. The zero-order valence-corrected chi connectivity index (χ0v) is 14.4.